The van der Waals surface area contributed by atoms with Gasteiger partial charge >= 0.3 is 0 Å². The zero-order valence-electron chi connectivity index (χ0n) is 13.3. The lowest BCUT2D eigenvalue weighted by Crippen LogP contribution is -2.59. The van der Waals surface area contributed by atoms with Gasteiger partial charge in [0.05, 0.1) is 24.9 Å². The molecule has 2 saturated heterocycles. The molecule has 7 heteroatoms. The summed E-state index contributed by atoms with van der Waals surface area (Å²) >= 11 is 0. The molecule has 4 rings (SSSR count). The van der Waals surface area contributed by atoms with Gasteiger partial charge in [-0.15, -0.1) is 0 Å². The molecule has 1 aromatic carbocycles. The number of morpholine rings is 1. The highest BCUT2D eigenvalue weighted by molar-refractivity contribution is 5.41. The van der Waals surface area contributed by atoms with Gasteiger partial charge in [-0.2, -0.15) is 4.68 Å². The highest BCUT2D eigenvalue weighted by atomic mass is 16.6. The van der Waals surface area contributed by atoms with E-state index in [1.807, 2.05) is 30.3 Å². The number of aromatic nitrogens is 4. The van der Waals surface area contributed by atoms with Crippen LogP contribution in [0, 0.1) is 0 Å². The number of anilines is 1. The summed E-state index contributed by atoms with van der Waals surface area (Å²) in [5, 5.41) is 12.3. The van der Waals surface area contributed by atoms with Gasteiger partial charge < -0.3 is 14.4 Å². The van der Waals surface area contributed by atoms with E-state index in [0.29, 0.717) is 6.61 Å². The van der Waals surface area contributed by atoms with Crippen LogP contribution in [0.5, 0.6) is 0 Å². The van der Waals surface area contributed by atoms with Crippen LogP contribution in [0.3, 0.4) is 0 Å². The Morgan fingerprint density at radius 2 is 2.13 bits per heavy atom. The molecular weight excluding hydrogens is 294 g/mol. The maximum Gasteiger partial charge on any atom is 0.250 e. The lowest BCUT2D eigenvalue weighted by atomic mass is 9.93. The highest BCUT2D eigenvalue weighted by Gasteiger charge is 2.42. The van der Waals surface area contributed by atoms with Crippen molar-refractivity contribution in [2.24, 2.45) is 0 Å². The van der Waals surface area contributed by atoms with Gasteiger partial charge in [-0.05, 0) is 42.3 Å². The van der Waals surface area contributed by atoms with E-state index >= 15 is 0 Å². The van der Waals surface area contributed by atoms with Gasteiger partial charge in [0, 0.05) is 13.2 Å². The molecule has 0 unspecified atom stereocenters. The molecule has 0 aliphatic carbocycles. The minimum absolute atomic E-state index is 0.117. The number of nitrogens with zero attached hydrogens (tertiary/aromatic N) is 5. The zero-order valence-corrected chi connectivity index (χ0v) is 13.3. The lowest BCUT2D eigenvalue weighted by molar-refractivity contribution is -0.161. The molecule has 1 aromatic heterocycles. The first kappa shape index (κ1) is 14.6. The van der Waals surface area contributed by atoms with Gasteiger partial charge in [-0.25, -0.2) is 0 Å². The Hall–Kier alpha value is -1.99. The van der Waals surface area contributed by atoms with Crippen LogP contribution in [0.15, 0.2) is 30.3 Å². The first-order valence-electron chi connectivity index (χ1n) is 8.10. The van der Waals surface area contributed by atoms with E-state index in [2.05, 4.69) is 27.3 Å². The van der Waals surface area contributed by atoms with Crippen LogP contribution in [-0.4, -0.2) is 58.2 Å². The largest absolute Gasteiger partial charge is 0.378 e. The summed E-state index contributed by atoms with van der Waals surface area (Å²) in [4.78, 5) is 2.22. The highest BCUT2D eigenvalue weighted by Crippen LogP contribution is 2.32. The van der Waals surface area contributed by atoms with Crippen molar-refractivity contribution in [2.75, 3.05) is 31.2 Å². The average molecular weight is 315 g/mol. The molecule has 0 amide bonds. The monoisotopic (exact) mass is 315 g/mol. The van der Waals surface area contributed by atoms with Crippen LogP contribution in [0.4, 0.5) is 5.95 Å². The number of benzene rings is 1. The fourth-order valence-corrected chi connectivity index (χ4v) is 3.54. The Morgan fingerprint density at radius 3 is 2.91 bits per heavy atom. The van der Waals surface area contributed by atoms with Crippen molar-refractivity contribution in [3.8, 4) is 5.69 Å². The summed E-state index contributed by atoms with van der Waals surface area (Å²) in [6.45, 7) is 5.08. The van der Waals surface area contributed by atoms with Crippen LogP contribution < -0.4 is 4.90 Å². The van der Waals surface area contributed by atoms with Gasteiger partial charge in [0.2, 0.25) is 0 Å². The van der Waals surface area contributed by atoms with E-state index in [-0.39, 0.29) is 11.7 Å². The summed E-state index contributed by atoms with van der Waals surface area (Å²) in [5.74, 6) is 0.760. The van der Waals surface area contributed by atoms with Gasteiger partial charge in [-0.1, -0.05) is 23.3 Å². The van der Waals surface area contributed by atoms with Crippen LogP contribution in [0.25, 0.3) is 5.69 Å². The third kappa shape index (κ3) is 2.82. The minimum atomic E-state index is -0.247. The van der Waals surface area contributed by atoms with E-state index in [9.17, 15) is 0 Å². The molecule has 122 valence electrons. The zero-order chi connectivity index (χ0) is 15.7. The number of rotatable bonds is 2. The molecule has 2 atom stereocenters. The second kappa shape index (κ2) is 5.90. The van der Waals surface area contributed by atoms with Crippen LogP contribution in [0.1, 0.15) is 19.8 Å². The Balaban J connectivity index is 1.64. The summed E-state index contributed by atoms with van der Waals surface area (Å²) in [5.41, 5.74) is 0.712. The molecule has 3 heterocycles. The third-order valence-electron chi connectivity index (χ3n) is 4.43. The second-order valence-electron chi connectivity index (χ2n) is 6.37. The molecule has 7 nitrogen and oxygen atoms in total. The average Bonchev–Trinajstić information content (AvgIpc) is 3.05. The lowest BCUT2D eigenvalue weighted by Gasteiger charge is -2.47. The molecule has 2 fully saturated rings. The van der Waals surface area contributed by atoms with E-state index in [4.69, 9.17) is 9.47 Å². The Morgan fingerprint density at radius 1 is 1.26 bits per heavy atom. The number of hydrogen-bond acceptors (Lipinski definition) is 6. The van der Waals surface area contributed by atoms with E-state index < -0.39 is 0 Å². The predicted molar refractivity (Wildman–Crippen MR) is 84.7 cm³/mol. The minimum Gasteiger partial charge on any atom is -0.378 e. The van der Waals surface area contributed by atoms with E-state index in [0.717, 1.165) is 44.2 Å². The standard InChI is InChI=1S/C16H21N5O2/c1-13-10-20(11-16(23-13)8-5-9-22-12-16)15-17-18-19-21(15)14-6-3-2-4-7-14/h2-4,6-7,13H,5,8-12H2,1H3/t13-,16-/m1/s1. The maximum absolute atomic E-state index is 6.24. The maximum atomic E-state index is 6.24. The SMILES string of the molecule is C[C@@H]1CN(c2nnnn2-c2ccccc2)C[C@@]2(CCCOC2)O1. The summed E-state index contributed by atoms with van der Waals surface area (Å²) < 4.78 is 13.7. The molecule has 2 aromatic rings. The van der Waals surface area contributed by atoms with Gasteiger partial charge in [0.1, 0.15) is 5.60 Å². The molecule has 2 aliphatic heterocycles. The fraction of sp³-hybridized carbons (Fsp3) is 0.562. The first-order chi connectivity index (χ1) is 11.3. The molecule has 0 N–H and O–H groups in total. The summed E-state index contributed by atoms with van der Waals surface area (Å²) in [6, 6.07) is 9.96. The number of hydrogen-bond donors (Lipinski definition) is 0. The Kier molecular flexibility index (Phi) is 3.74. The summed E-state index contributed by atoms with van der Waals surface area (Å²) in [6.07, 6.45) is 2.16. The Labute approximate surface area is 135 Å². The van der Waals surface area contributed by atoms with Crippen molar-refractivity contribution >= 4 is 5.95 Å². The number of para-hydroxylation sites is 1. The molecule has 0 saturated carbocycles. The van der Waals surface area contributed by atoms with Crippen molar-refractivity contribution in [3.05, 3.63) is 30.3 Å². The molecule has 2 aliphatic rings. The van der Waals surface area contributed by atoms with Crippen molar-refractivity contribution in [3.63, 3.8) is 0 Å². The van der Waals surface area contributed by atoms with Crippen LogP contribution in [-0.2, 0) is 9.47 Å². The van der Waals surface area contributed by atoms with Crippen LogP contribution in [0.2, 0.25) is 0 Å². The quantitative estimate of drug-likeness (QED) is 0.835. The number of ether oxygens (including phenoxy) is 2. The van der Waals surface area contributed by atoms with Gasteiger partial charge in [0.15, 0.2) is 0 Å². The fourth-order valence-electron chi connectivity index (χ4n) is 3.54. The van der Waals surface area contributed by atoms with E-state index in [1.54, 1.807) is 4.68 Å². The Bertz CT molecular complexity index is 654. The predicted octanol–water partition coefficient (Wildman–Crippen LogP) is 1.44. The van der Waals surface area contributed by atoms with Crippen molar-refractivity contribution in [1.29, 1.82) is 0 Å². The van der Waals surface area contributed by atoms with Crippen molar-refractivity contribution < 1.29 is 9.47 Å². The van der Waals surface area contributed by atoms with Crippen LogP contribution >= 0.6 is 0 Å². The topological polar surface area (TPSA) is 65.3 Å². The number of tetrazole rings is 1. The van der Waals surface area contributed by atoms with Gasteiger partial charge in [0.25, 0.3) is 5.95 Å². The normalized spacial score (nSPS) is 28.2. The molecule has 1 spiro atoms. The van der Waals surface area contributed by atoms with E-state index in [1.165, 1.54) is 0 Å². The smallest absolute Gasteiger partial charge is 0.250 e. The van der Waals surface area contributed by atoms with Crippen molar-refractivity contribution in [1.82, 2.24) is 20.2 Å². The molecular formula is C16H21N5O2. The summed E-state index contributed by atoms with van der Waals surface area (Å²) in [7, 11) is 0. The molecule has 0 bridgehead atoms. The van der Waals surface area contributed by atoms with Gasteiger partial charge in [-0.3, -0.25) is 0 Å². The third-order valence-corrected chi connectivity index (χ3v) is 4.43. The first-order valence-corrected chi connectivity index (χ1v) is 8.10. The molecule has 23 heavy (non-hydrogen) atoms. The van der Waals surface area contributed by atoms with Crippen molar-refractivity contribution in [2.45, 2.75) is 31.5 Å². The molecule has 0 radical (unpaired) electrons. The second-order valence-corrected chi connectivity index (χ2v) is 6.37.